The molecule has 0 atom stereocenters. The predicted molar refractivity (Wildman–Crippen MR) is 221 cm³/mol. The van der Waals surface area contributed by atoms with E-state index in [0.29, 0.717) is 24.0 Å². The van der Waals surface area contributed by atoms with Crippen molar-refractivity contribution in [2.75, 3.05) is 0 Å². The molecular formula is C44H62BaO6S2. The molecule has 0 heterocycles. The molecule has 0 radical (unpaired) electrons. The summed E-state index contributed by atoms with van der Waals surface area (Å²) in [6.45, 7) is 8.70. The third kappa shape index (κ3) is 16.1. The van der Waals surface area contributed by atoms with Gasteiger partial charge in [-0.1, -0.05) is 141 Å². The summed E-state index contributed by atoms with van der Waals surface area (Å²) in [7, 11) is -8.91. The van der Waals surface area contributed by atoms with E-state index in [1.807, 2.05) is 36.4 Å². The first-order valence-corrected chi connectivity index (χ1v) is 22.8. The first kappa shape index (κ1) is 47.9. The van der Waals surface area contributed by atoms with E-state index in [2.05, 4.69) is 39.8 Å². The number of fused-ring (bicyclic) bond motifs is 2. The summed E-state index contributed by atoms with van der Waals surface area (Å²) in [6.07, 6.45) is 21.4. The fourth-order valence-corrected chi connectivity index (χ4v) is 8.60. The molecule has 0 unspecified atom stereocenters. The van der Waals surface area contributed by atoms with E-state index in [1.54, 1.807) is 12.1 Å². The van der Waals surface area contributed by atoms with Gasteiger partial charge in [0.15, 0.2) is 0 Å². The van der Waals surface area contributed by atoms with Crippen molar-refractivity contribution in [3.63, 3.8) is 0 Å². The zero-order valence-corrected chi connectivity index (χ0v) is 39.0. The summed E-state index contributed by atoms with van der Waals surface area (Å²) in [5.41, 5.74) is 3.88. The molecule has 288 valence electrons. The Morgan fingerprint density at radius 1 is 0.415 bits per heavy atom. The van der Waals surface area contributed by atoms with Gasteiger partial charge >= 0.3 is 48.9 Å². The third-order valence-electron chi connectivity index (χ3n) is 10.0. The Morgan fingerprint density at radius 3 is 1.00 bits per heavy atom. The molecule has 0 spiro atoms. The Labute approximate surface area is 361 Å². The van der Waals surface area contributed by atoms with E-state index >= 15 is 0 Å². The van der Waals surface area contributed by atoms with E-state index in [1.165, 1.54) is 49.7 Å². The van der Waals surface area contributed by atoms with Gasteiger partial charge in [0.25, 0.3) is 0 Å². The van der Waals surface area contributed by atoms with E-state index in [4.69, 9.17) is 0 Å². The van der Waals surface area contributed by atoms with Crippen molar-refractivity contribution in [3.8, 4) is 0 Å². The normalized spacial score (nSPS) is 11.7. The Bertz CT molecular complexity index is 1770. The molecule has 53 heavy (non-hydrogen) atoms. The van der Waals surface area contributed by atoms with Crippen molar-refractivity contribution in [1.82, 2.24) is 0 Å². The maximum Gasteiger partial charge on any atom is 2.00 e. The van der Waals surface area contributed by atoms with Crippen molar-refractivity contribution in [3.05, 3.63) is 82.9 Å². The number of unbranched alkanes of at least 4 members (excludes halogenated alkanes) is 12. The van der Waals surface area contributed by atoms with E-state index in [0.717, 1.165) is 98.6 Å². The van der Waals surface area contributed by atoms with Crippen LogP contribution in [0.2, 0.25) is 0 Å². The first-order chi connectivity index (χ1) is 24.9. The van der Waals surface area contributed by atoms with Gasteiger partial charge in [0.1, 0.15) is 20.2 Å². The minimum absolute atomic E-state index is 0. The van der Waals surface area contributed by atoms with E-state index in [-0.39, 0.29) is 58.7 Å². The summed E-state index contributed by atoms with van der Waals surface area (Å²) < 4.78 is 70.6. The van der Waals surface area contributed by atoms with Crippen LogP contribution < -0.4 is 0 Å². The Balaban J connectivity index is 0.000000360. The van der Waals surface area contributed by atoms with Crippen molar-refractivity contribution >= 4 is 90.7 Å². The smallest absolute Gasteiger partial charge is 0.744 e. The quantitative estimate of drug-likeness (QED) is 0.0441. The number of hydrogen-bond donors (Lipinski definition) is 0. The molecule has 0 amide bonds. The third-order valence-corrected chi connectivity index (χ3v) is 11.9. The molecule has 6 nitrogen and oxygen atoms in total. The van der Waals surface area contributed by atoms with Gasteiger partial charge in [-0.15, -0.1) is 0 Å². The van der Waals surface area contributed by atoms with Gasteiger partial charge < -0.3 is 9.11 Å². The van der Waals surface area contributed by atoms with Crippen LogP contribution in [-0.2, 0) is 45.9 Å². The summed E-state index contributed by atoms with van der Waals surface area (Å²) in [4.78, 5) is -0.0748. The predicted octanol–water partition coefficient (Wildman–Crippen LogP) is 11.6. The molecule has 9 heteroatoms. The SMILES string of the molecule is CCCCCCc1cc2c(CCCCCC)cccc2cc1S(=O)(=O)[O-].CCCCCCc1cc2c(CCCCCC)cccc2cc1S(=O)(=O)[O-].[Ba+2]. The van der Waals surface area contributed by atoms with E-state index in [9.17, 15) is 25.9 Å². The van der Waals surface area contributed by atoms with Gasteiger partial charge in [0.2, 0.25) is 0 Å². The average Bonchev–Trinajstić information content (AvgIpc) is 3.11. The minimum Gasteiger partial charge on any atom is -0.744 e. The minimum atomic E-state index is -4.45. The van der Waals surface area contributed by atoms with Crippen LogP contribution in [0.3, 0.4) is 0 Å². The molecule has 0 bridgehead atoms. The van der Waals surface area contributed by atoms with Crippen LogP contribution in [0.4, 0.5) is 0 Å². The van der Waals surface area contributed by atoms with Crippen LogP contribution in [-0.4, -0.2) is 74.8 Å². The van der Waals surface area contributed by atoms with Crippen molar-refractivity contribution in [2.45, 2.75) is 166 Å². The topological polar surface area (TPSA) is 114 Å². The summed E-state index contributed by atoms with van der Waals surface area (Å²) >= 11 is 0. The first-order valence-electron chi connectivity index (χ1n) is 19.9. The molecule has 0 aliphatic carbocycles. The van der Waals surface area contributed by atoms with Gasteiger partial charge in [0.05, 0.1) is 9.79 Å². The maximum absolute atomic E-state index is 11.8. The van der Waals surface area contributed by atoms with Crippen LogP contribution in [0, 0.1) is 0 Å². The zero-order chi connectivity index (χ0) is 38.0. The maximum atomic E-state index is 11.8. The molecule has 0 saturated carbocycles. The second kappa shape index (κ2) is 25.1. The summed E-state index contributed by atoms with van der Waals surface area (Å²) in [6, 6.07) is 19.1. The van der Waals surface area contributed by atoms with Crippen molar-refractivity contribution in [2.24, 2.45) is 0 Å². The van der Waals surface area contributed by atoms with Crippen molar-refractivity contribution < 1.29 is 25.9 Å². The number of rotatable bonds is 22. The van der Waals surface area contributed by atoms with Crippen LogP contribution in [0.5, 0.6) is 0 Å². The fraction of sp³-hybridized carbons (Fsp3) is 0.545. The largest absolute Gasteiger partial charge is 2.00 e. The van der Waals surface area contributed by atoms with Gasteiger partial charge in [-0.05, 0) is 119 Å². The molecule has 0 aromatic heterocycles. The fourth-order valence-electron chi connectivity index (χ4n) is 7.09. The second-order valence-electron chi connectivity index (χ2n) is 14.3. The Kier molecular flexibility index (Phi) is 22.7. The van der Waals surface area contributed by atoms with Crippen LogP contribution >= 0.6 is 0 Å². The molecule has 0 aliphatic rings. The van der Waals surface area contributed by atoms with Crippen molar-refractivity contribution in [1.29, 1.82) is 0 Å². The molecule has 4 aromatic carbocycles. The monoisotopic (exact) mass is 888 g/mol. The molecule has 0 saturated heterocycles. The van der Waals surface area contributed by atoms with Gasteiger partial charge in [-0.2, -0.15) is 0 Å². The number of aryl methyl sites for hydroxylation is 4. The van der Waals surface area contributed by atoms with Crippen LogP contribution in [0.25, 0.3) is 21.5 Å². The zero-order valence-electron chi connectivity index (χ0n) is 32.9. The molecule has 0 aliphatic heterocycles. The van der Waals surface area contributed by atoms with Crippen LogP contribution in [0.1, 0.15) is 153 Å². The molecular weight excluding hydrogens is 826 g/mol. The average molecular weight is 888 g/mol. The second-order valence-corrected chi connectivity index (χ2v) is 17.0. The van der Waals surface area contributed by atoms with Crippen LogP contribution in [0.15, 0.2) is 70.5 Å². The summed E-state index contributed by atoms with van der Waals surface area (Å²) in [5, 5.41) is 3.90. The number of benzene rings is 4. The van der Waals surface area contributed by atoms with Gasteiger partial charge in [-0.25, -0.2) is 16.8 Å². The standard InChI is InChI=1S/2C22H32O3S.Ba/c2*1-3-5-7-9-12-18-14-11-15-19-17-22(26(23,24)25)20(16-21(18)19)13-10-8-6-4-2;/h2*11,14-17H,3-10,12-13H2,1-2H3,(H,23,24,25);/q;;+2/p-2. The number of hydrogen-bond acceptors (Lipinski definition) is 6. The Morgan fingerprint density at radius 2 is 0.717 bits per heavy atom. The molecule has 0 fully saturated rings. The molecule has 0 N–H and O–H groups in total. The van der Waals surface area contributed by atoms with E-state index < -0.39 is 20.2 Å². The summed E-state index contributed by atoms with van der Waals surface area (Å²) in [5.74, 6) is 0. The van der Waals surface area contributed by atoms with Gasteiger partial charge in [0, 0.05) is 0 Å². The Hall–Kier alpha value is -1.21. The molecule has 4 aromatic rings. The van der Waals surface area contributed by atoms with Gasteiger partial charge in [-0.3, -0.25) is 0 Å². The molecule has 4 rings (SSSR count).